The van der Waals surface area contributed by atoms with Gasteiger partial charge in [-0.05, 0) is 24.5 Å². The Kier molecular flexibility index (Phi) is 4.14. The molecule has 0 bridgehead atoms. The van der Waals surface area contributed by atoms with Gasteiger partial charge in [0.25, 0.3) is 0 Å². The van der Waals surface area contributed by atoms with Gasteiger partial charge in [-0.25, -0.2) is 4.98 Å². The molecule has 1 aliphatic rings. The summed E-state index contributed by atoms with van der Waals surface area (Å²) < 4.78 is 0. The van der Waals surface area contributed by atoms with Crippen molar-refractivity contribution in [1.29, 1.82) is 0 Å². The number of aromatic nitrogens is 2. The van der Waals surface area contributed by atoms with Gasteiger partial charge in [0.15, 0.2) is 0 Å². The van der Waals surface area contributed by atoms with Crippen molar-refractivity contribution in [2.45, 2.75) is 32.5 Å². The highest BCUT2D eigenvalue weighted by Gasteiger charge is 2.17. The van der Waals surface area contributed by atoms with Gasteiger partial charge in [-0.3, -0.25) is 4.90 Å². The Morgan fingerprint density at radius 3 is 3.00 bits per heavy atom. The molecule has 3 rings (SSSR count). The van der Waals surface area contributed by atoms with E-state index in [1.54, 1.807) is 6.20 Å². The van der Waals surface area contributed by atoms with Crippen LogP contribution in [0.4, 0.5) is 0 Å². The molecule has 0 radical (unpaired) electrons. The van der Waals surface area contributed by atoms with Crippen molar-refractivity contribution in [3.8, 4) is 0 Å². The van der Waals surface area contributed by atoms with Gasteiger partial charge in [0.1, 0.15) is 5.82 Å². The van der Waals surface area contributed by atoms with E-state index in [1.807, 2.05) is 6.20 Å². The number of aromatic amines is 1. The van der Waals surface area contributed by atoms with Crippen molar-refractivity contribution in [3.63, 3.8) is 0 Å². The van der Waals surface area contributed by atoms with Crippen LogP contribution in [0.1, 0.15) is 23.9 Å². The molecule has 2 heterocycles. The summed E-state index contributed by atoms with van der Waals surface area (Å²) in [5.74, 6) is 1.00. The molecule has 4 heteroatoms. The van der Waals surface area contributed by atoms with E-state index in [2.05, 4.69) is 51.4 Å². The van der Waals surface area contributed by atoms with Crippen LogP contribution in [0.15, 0.2) is 36.7 Å². The number of imidazole rings is 1. The van der Waals surface area contributed by atoms with Crippen molar-refractivity contribution in [2.75, 3.05) is 13.1 Å². The molecule has 0 spiro atoms. The third-order valence-corrected chi connectivity index (χ3v) is 3.91. The lowest BCUT2D eigenvalue weighted by atomic mass is 10.00. The summed E-state index contributed by atoms with van der Waals surface area (Å²) in [6, 6.07) is 9.25. The van der Waals surface area contributed by atoms with Crippen molar-refractivity contribution in [1.82, 2.24) is 20.2 Å². The number of nitrogens with zero attached hydrogens (tertiary/aromatic N) is 2. The number of hydrogen-bond acceptors (Lipinski definition) is 3. The first kappa shape index (κ1) is 13.3. The van der Waals surface area contributed by atoms with Crippen LogP contribution < -0.4 is 5.32 Å². The van der Waals surface area contributed by atoms with E-state index in [0.717, 1.165) is 32.0 Å². The van der Waals surface area contributed by atoms with Gasteiger partial charge in [0.05, 0.1) is 6.54 Å². The summed E-state index contributed by atoms with van der Waals surface area (Å²) in [5, 5.41) is 3.52. The lowest BCUT2D eigenvalue weighted by Gasteiger charge is -2.31. The monoisotopic (exact) mass is 270 g/mol. The van der Waals surface area contributed by atoms with Crippen LogP contribution in [0.2, 0.25) is 0 Å². The van der Waals surface area contributed by atoms with Crippen LogP contribution in [0, 0.1) is 0 Å². The first-order valence-electron chi connectivity index (χ1n) is 7.32. The summed E-state index contributed by atoms with van der Waals surface area (Å²) >= 11 is 0. The highest BCUT2D eigenvalue weighted by atomic mass is 15.2. The molecule has 0 aliphatic carbocycles. The Balaban J connectivity index is 1.49. The van der Waals surface area contributed by atoms with E-state index in [0.29, 0.717) is 6.04 Å². The molecule has 1 atom stereocenters. The second-order valence-electron chi connectivity index (χ2n) is 5.57. The SMILES string of the molecule is CC(CN1CCc2ccccc2C1)NCc1ncc[nH]1. The average molecular weight is 270 g/mol. The first-order chi connectivity index (χ1) is 9.81. The third-order valence-electron chi connectivity index (χ3n) is 3.91. The van der Waals surface area contributed by atoms with Gasteiger partial charge >= 0.3 is 0 Å². The van der Waals surface area contributed by atoms with Gasteiger partial charge in [-0.15, -0.1) is 0 Å². The topological polar surface area (TPSA) is 44.0 Å². The minimum atomic E-state index is 0.463. The van der Waals surface area contributed by atoms with Gasteiger partial charge < -0.3 is 10.3 Å². The number of hydrogen-bond donors (Lipinski definition) is 2. The fourth-order valence-electron chi connectivity index (χ4n) is 2.83. The van der Waals surface area contributed by atoms with Crippen LogP contribution >= 0.6 is 0 Å². The molecule has 2 aromatic rings. The molecule has 106 valence electrons. The molecule has 0 fully saturated rings. The smallest absolute Gasteiger partial charge is 0.120 e. The minimum absolute atomic E-state index is 0.463. The molecular weight excluding hydrogens is 248 g/mol. The molecule has 1 aliphatic heterocycles. The van der Waals surface area contributed by atoms with E-state index >= 15 is 0 Å². The van der Waals surface area contributed by atoms with Crippen LogP contribution in [-0.4, -0.2) is 34.0 Å². The van der Waals surface area contributed by atoms with E-state index in [-0.39, 0.29) is 0 Å². The fourth-order valence-corrected chi connectivity index (χ4v) is 2.83. The summed E-state index contributed by atoms with van der Waals surface area (Å²) in [6.45, 7) is 6.35. The molecule has 0 saturated heterocycles. The number of H-pyrrole nitrogens is 1. The van der Waals surface area contributed by atoms with Gasteiger partial charge in [-0.1, -0.05) is 24.3 Å². The lowest BCUT2D eigenvalue weighted by Crippen LogP contribution is -2.41. The van der Waals surface area contributed by atoms with Crippen LogP contribution in [0.25, 0.3) is 0 Å². The molecule has 1 unspecified atom stereocenters. The maximum atomic E-state index is 4.23. The van der Waals surface area contributed by atoms with Crippen molar-refractivity contribution >= 4 is 0 Å². The average Bonchev–Trinajstić information content (AvgIpc) is 2.98. The van der Waals surface area contributed by atoms with Crippen LogP contribution in [-0.2, 0) is 19.5 Å². The maximum Gasteiger partial charge on any atom is 0.120 e. The van der Waals surface area contributed by atoms with E-state index in [4.69, 9.17) is 0 Å². The minimum Gasteiger partial charge on any atom is -0.348 e. The van der Waals surface area contributed by atoms with E-state index in [9.17, 15) is 0 Å². The zero-order chi connectivity index (χ0) is 13.8. The molecule has 4 nitrogen and oxygen atoms in total. The predicted molar refractivity (Wildman–Crippen MR) is 80.3 cm³/mol. The maximum absolute atomic E-state index is 4.23. The summed E-state index contributed by atoms with van der Waals surface area (Å²) in [6.07, 6.45) is 4.83. The highest BCUT2D eigenvalue weighted by Crippen LogP contribution is 2.18. The molecule has 1 aromatic carbocycles. The lowest BCUT2D eigenvalue weighted by molar-refractivity contribution is 0.229. The second-order valence-corrected chi connectivity index (χ2v) is 5.57. The van der Waals surface area contributed by atoms with Crippen molar-refractivity contribution in [3.05, 3.63) is 53.6 Å². The largest absolute Gasteiger partial charge is 0.348 e. The Bertz CT molecular complexity index is 535. The zero-order valence-electron chi connectivity index (χ0n) is 12.0. The summed E-state index contributed by atoms with van der Waals surface area (Å²) in [4.78, 5) is 9.88. The number of rotatable bonds is 5. The number of benzene rings is 1. The quantitative estimate of drug-likeness (QED) is 0.873. The van der Waals surface area contributed by atoms with Crippen LogP contribution in [0.5, 0.6) is 0 Å². The van der Waals surface area contributed by atoms with Crippen molar-refractivity contribution < 1.29 is 0 Å². The van der Waals surface area contributed by atoms with Crippen LogP contribution in [0.3, 0.4) is 0 Å². The number of fused-ring (bicyclic) bond motifs is 1. The third kappa shape index (κ3) is 3.26. The second kappa shape index (κ2) is 6.20. The standard InChI is InChI=1S/C16H22N4/c1-13(19-10-16-17-7-8-18-16)11-20-9-6-14-4-2-3-5-15(14)12-20/h2-5,7-8,13,19H,6,9-12H2,1H3,(H,17,18). The molecule has 2 N–H and O–H groups in total. The summed E-state index contributed by atoms with van der Waals surface area (Å²) in [7, 11) is 0. The zero-order valence-corrected chi connectivity index (χ0v) is 12.0. The molecular formula is C16H22N4. The number of nitrogens with one attached hydrogen (secondary N) is 2. The van der Waals surface area contributed by atoms with Gasteiger partial charge in [-0.2, -0.15) is 0 Å². The van der Waals surface area contributed by atoms with Gasteiger partial charge in [0, 0.05) is 38.1 Å². The Morgan fingerprint density at radius 1 is 1.35 bits per heavy atom. The molecule has 1 aromatic heterocycles. The molecule has 0 saturated carbocycles. The van der Waals surface area contributed by atoms with E-state index in [1.165, 1.54) is 17.5 Å². The highest BCUT2D eigenvalue weighted by molar-refractivity contribution is 5.29. The van der Waals surface area contributed by atoms with Gasteiger partial charge in [0.2, 0.25) is 0 Å². The van der Waals surface area contributed by atoms with Crippen molar-refractivity contribution in [2.24, 2.45) is 0 Å². The molecule has 20 heavy (non-hydrogen) atoms. The summed E-state index contributed by atoms with van der Waals surface area (Å²) in [5.41, 5.74) is 3.00. The van der Waals surface area contributed by atoms with E-state index < -0.39 is 0 Å². The Morgan fingerprint density at radius 2 is 2.20 bits per heavy atom. The fraction of sp³-hybridized carbons (Fsp3) is 0.438. The first-order valence-corrected chi connectivity index (χ1v) is 7.32. The Hall–Kier alpha value is -1.65. The normalized spacial score (nSPS) is 16.9. The predicted octanol–water partition coefficient (Wildman–Crippen LogP) is 1.95. The Labute approximate surface area is 120 Å². The molecule has 0 amide bonds.